The normalized spacial score (nSPS) is 11.5. The molecule has 0 aliphatic heterocycles. The van der Waals surface area contributed by atoms with Crippen LogP contribution in [0, 0.1) is 0 Å². The van der Waals surface area contributed by atoms with Gasteiger partial charge >= 0.3 is 0 Å². The molecule has 2 aromatic carbocycles. The van der Waals surface area contributed by atoms with Crippen molar-refractivity contribution in [3.05, 3.63) is 60.2 Å². The van der Waals surface area contributed by atoms with Crippen molar-refractivity contribution in [3.63, 3.8) is 0 Å². The Morgan fingerprint density at radius 1 is 0.733 bits per heavy atom. The van der Waals surface area contributed by atoms with Crippen molar-refractivity contribution >= 4 is 5.76 Å². The average molecular weight is 411 g/mol. The Hall–Kier alpha value is -2.26. The summed E-state index contributed by atoms with van der Waals surface area (Å²) < 4.78 is 17.0. The first-order valence-electron chi connectivity index (χ1n) is 11.4. The number of methoxy groups -OCH3 is 1. The summed E-state index contributed by atoms with van der Waals surface area (Å²) >= 11 is 0. The Morgan fingerprint density at radius 3 is 2.00 bits per heavy atom. The molecule has 2 aromatic rings. The van der Waals surface area contributed by atoms with E-state index >= 15 is 0 Å². The molecule has 30 heavy (non-hydrogen) atoms. The van der Waals surface area contributed by atoms with Gasteiger partial charge in [-0.1, -0.05) is 63.1 Å². The number of hydrogen-bond acceptors (Lipinski definition) is 3. The predicted molar refractivity (Wildman–Crippen MR) is 127 cm³/mol. The fourth-order valence-corrected chi connectivity index (χ4v) is 3.13. The minimum absolute atomic E-state index is 0.725. The molecule has 0 heterocycles. The van der Waals surface area contributed by atoms with Gasteiger partial charge < -0.3 is 14.2 Å². The summed E-state index contributed by atoms with van der Waals surface area (Å²) in [6, 6.07) is 17.0. The van der Waals surface area contributed by atoms with Gasteiger partial charge in [0.25, 0.3) is 0 Å². The highest BCUT2D eigenvalue weighted by atomic mass is 16.5. The standard InChI is InChI=1S/C27H38O3/c1-4-6-8-11-27(30-22-10-9-20-28-3)25-14-12-23(13-15-25)24-16-18-26(19-17-24)29-21-7-5-2/h11-19H,4-10,20-22H2,1-3H3/b27-11-. The van der Waals surface area contributed by atoms with Gasteiger partial charge in [-0.15, -0.1) is 0 Å². The second kappa shape index (κ2) is 14.7. The van der Waals surface area contributed by atoms with Crippen molar-refractivity contribution < 1.29 is 14.2 Å². The molecule has 0 saturated carbocycles. The summed E-state index contributed by atoms with van der Waals surface area (Å²) in [4.78, 5) is 0. The SMILES string of the molecule is CCCC/C=C(\OCCCCOC)c1ccc(-c2ccc(OCCCC)cc2)cc1. The largest absolute Gasteiger partial charge is 0.494 e. The third-order valence-corrected chi connectivity index (χ3v) is 5.01. The maximum atomic E-state index is 6.12. The van der Waals surface area contributed by atoms with E-state index in [1.54, 1.807) is 7.11 Å². The summed E-state index contributed by atoms with van der Waals surface area (Å²) in [5.41, 5.74) is 3.54. The Kier molecular flexibility index (Phi) is 11.8. The molecule has 0 spiro atoms. The summed E-state index contributed by atoms with van der Waals surface area (Å²) in [6.07, 6.45) is 9.92. The van der Waals surface area contributed by atoms with Crippen LogP contribution < -0.4 is 4.74 Å². The average Bonchev–Trinajstić information content (AvgIpc) is 2.79. The van der Waals surface area contributed by atoms with Crippen LogP contribution in [-0.4, -0.2) is 26.9 Å². The molecule has 0 amide bonds. The molecule has 0 saturated heterocycles. The Morgan fingerprint density at radius 2 is 1.37 bits per heavy atom. The van der Waals surface area contributed by atoms with E-state index in [-0.39, 0.29) is 0 Å². The summed E-state index contributed by atoms with van der Waals surface area (Å²) in [6.45, 7) is 6.68. The van der Waals surface area contributed by atoms with Crippen LogP contribution in [0.5, 0.6) is 5.75 Å². The van der Waals surface area contributed by atoms with Crippen LogP contribution in [0.1, 0.15) is 64.4 Å². The lowest BCUT2D eigenvalue weighted by Gasteiger charge is -2.12. The lowest BCUT2D eigenvalue weighted by molar-refractivity contribution is 0.179. The number of unbranched alkanes of at least 4 members (excludes halogenated alkanes) is 4. The van der Waals surface area contributed by atoms with Gasteiger partial charge in [-0.3, -0.25) is 0 Å². The molecule has 0 N–H and O–H groups in total. The number of ether oxygens (including phenoxy) is 3. The van der Waals surface area contributed by atoms with Crippen molar-refractivity contribution in [3.8, 4) is 16.9 Å². The molecule has 0 atom stereocenters. The fraction of sp³-hybridized carbons (Fsp3) is 0.481. The van der Waals surface area contributed by atoms with Crippen LogP contribution >= 0.6 is 0 Å². The maximum Gasteiger partial charge on any atom is 0.122 e. The lowest BCUT2D eigenvalue weighted by Crippen LogP contribution is -1.98. The molecule has 2 rings (SSSR count). The van der Waals surface area contributed by atoms with Gasteiger partial charge in [0.15, 0.2) is 0 Å². The highest BCUT2D eigenvalue weighted by Gasteiger charge is 2.05. The second-order valence-corrected chi connectivity index (χ2v) is 7.56. The minimum atomic E-state index is 0.725. The van der Waals surface area contributed by atoms with Crippen molar-refractivity contribution in [2.75, 3.05) is 26.9 Å². The first-order chi connectivity index (χ1) is 14.8. The number of hydrogen-bond donors (Lipinski definition) is 0. The van der Waals surface area contributed by atoms with Crippen molar-refractivity contribution in [1.29, 1.82) is 0 Å². The molecule has 3 heteroatoms. The van der Waals surface area contributed by atoms with Gasteiger partial charge in [0.05, 0.1) is 13.2 Å². The van der Waals surface area contributed by atoms with Gasteiger partial charge in [0.2, 0.25) is 0 Å². The molecular formula is C27H38O3. The molecular weight excluding hydrogens is 372 g/mol. The third-order valence-electron chi connectivity index (χ3n) is 5.01. The fourth-order valence-electron chi connectivity index (χ4n) is 3.13. The predicted octanol–water partition coefficient (Wildman–Crippen LogP) is 7.51. The van der Waals surface area contributed by atoms with E-state index in [0.29, 0.717) is 0 Å². The van der Waals surface area contributed by atoms with Crippen LogP contribution in [0.3, 0.4) is 0 Å². The molecule has 0 fully saturated rings. The quantitative estimate of drug-likeness (QED) is 0.225. The smallest absolute Gasteiger partial charge is 0.122 e. The molecule has 0 aliphatic carbocycles. The molecule has 0 radical (unpaired) electrons. The zero-order valence-corrected chi connectivity index (χ0v) is 19.0. The van der Waals surface area contributed by atoms with Gasteiger partial charge in [0, 0.05) is 19.3 Å². The zero-order valence-electron chi connectivity index (χ0n) is 19.0. The van der Waals surface area contributed by atoms with Crippen molar-refractivity contribution in [1.82, 2.24) is 0 Å². The van der Waals surface area contributed by atoms with E-state index in [2.05, 4.69) is 68.5 Å². The van der Waals surface area contributed by atoms with E-state index in [9.17, 15) is 0 Å². The third kappa shape index (κ3) is 8.62. The van der Waals surface area contributed by atoms with Crippen LogP contribution in [0.15, 0.2) is 54.6 Å². The van der Waals surface area contributed by atoms with Gasteiger partial charge in [-0.05, 0) is 61.4 Å². The summed E-state index contributed by atoms with van der Waals surface area (Å²) in [5, 5.41) is 0. The van der Waals surface area contributed by atoms with Gasteiger partial charge in [-0.2, -0.15) is 0 Å². The first kappa shape index (κ1) is 24.0. The van der Waals surface area contributed by atoms with Crippen LogP contribution in [0.4, 0.5) is 0 Å². The molecule has 0 aliphatic rings. The second-order valence-electron chi connectivity index (χ2n) is 7.56. The first-order valence-corrected chi connectivity index (χ1v) is 11.4. The number of rotatable bonds is 15. The lowest BCUT2D eigenvalue weighted by atomic mass is 10.0. The van der Waals surface area contributed by atoms with Crippen LogP contribution in [-0.2, 0) is 9.47 Å². The Bertz CT molecular complexity index is 717. The Labute approximate surface area is 183 Å². The highest BCUT2D eigenvalue weighted by Crippen LogP contribution is 2.26. The van der Waals surface area contributed by atoms with Crippen LogP contribution in [0.25, 0.3) is 16.9 Å². The molecule has 0 bridgehead atoms. The zero-order chi connectivity index (χ0) is 21.4. The minimum Gasteiger partial charge on any atom is -0.494 e. The van der Waals surface area contributed by atoms with Crippen molar-refractivity contribution in [2.24, 2.45) is 0 Å². The van der Waals surface area contributed by atoms with Crippen LogP contribution in [0.2, 0.25) is 0 Å². The molecule has 164 valence electrons. The number of allylic oxidation sites excluding steroid dienone is 1. The van der Waals surface area contributed by atoms with E-state index in [1.165, 1.54) is 24.0 Å². The Balaban J connectivity index is 2.01. The van der Waals surface area contributed by atoms with E-state index in [0.717, 1.165) is 69.0 Å². The van der Waals surface area contributed by atoms with Gasteiger partial charge in [0.1, 0.15) is 11.5 Å². The van der Waals surface area contributed by atoms with E-state index in [4.69, 9.17) is 14.2 Å². The van der Waals surface area contributed by atoms with Gasteiger partial charge in [-0.25, -0.2) is 0 Å². The number of benzene rings is 2. The molecule has 0 aromatic heterocycles. The van der Waals surface area contributed by atoms with Crippen molar-refractivity contribution in [2.45, 2.75) is 58.8 Å². The highest BCUT2D eigenvalue weighted by molar-refractivity contribution is 5.68. The molecule has 0 unspecified atom stereocenters. The molecule has 3 nitrogen and oxygen atoms in total. The van der Waals surface area contributed by atoms with E-state index < -0.39 is 0 Å². The summed E-state index contributed by atoms with van der Waals surface area (Å²) in [5.74, 6) is 1.93. The monoisotopic (exact) mass is 410 g/mol. The topological polar surface area (TPSA) is 27.7 Å². The van der Waals surface area contributed by atoms with E-state index in [1.807, 2.05) is 0 Å². The summed E-state index contributed by atoms with van der Waals surface area (Å²) in [7, 11) is 1.74. The maximum absolute atomic E-state index is 6.12.